The van der Waals surface area contributed by atoms with Crippen LogP contribution in [0.5, 0.6) is 0 Å². The summed E-state index contributed by atoms with van der Waals surface area (Å²) in [7, 11) is 0. The van der Waals surface area contributed by atoms with Crippen molar-refractivity contribution in [3.63, 3.8) is 0 Å². The highest BCUT2D eigenvalue weighted by Crippen LogP contribution is 2.21. The summed E-state index contributed by atoms with van der Waals surface area (Å²) in [5.74, 6) is -0.389. The maximum Gasteiger partial charge on any atom is 0.346 e. The van der Waals surface area contributed by atoms with Gasteiger partial charge in [0, 0.05) is 11.1 Å². The number of para-hydroxylation sites is 2. The van der Waals surface area contributed by atoms with Gasteiger partial charge >= 0.3 is 5.69 Å². The molecule has 0 aliphatic heterocycles. The number of nitrogens with one attached hydrogen (secondary N) is 2. The average molecular weight is 293 g/mol. The number of benzene rings is 2. The molecule has 5 heteroatoms. The van der Waals surface area contributed by atoms with Gasteiger partial charge in [0.15, 0.2) is 0 Å². The molecule has 0 saturated carbocycles. The molecule has 3 rings (SSSR count). The zero-order valence-electron chi connectivity index (χ0n) is 12.3. The van der Waals surface area contributed by atoms with Crippen LogP contribution in [0.1, 0.15) is 21.6 Å². The molecule has 0 bridgehead atoms. The summed E-state index contributed by atoms with van der Waals surface area (Å²) in [4.78, 5) is 30.7. The van der Waals surface area contributed by atoms with E-state index in [1.54, 1.807) is 24.3 Å². The maximum absolute atomic E-state index is 12.6. The van der Waals surface area contributed by atoms with E-state index in [1.807, 2.05) is 32.0 Å². The summed E-state index contributed by atoms with van der Waals surface area (Å²) in [6.45, 7) is 3.85. The lowest BCUT2D eigenvalue weighted by Crippen LogP contribution is -2.21. The van der Waals surface area contributed by atoms with Crippen molar-refractivity contribution in [2.75, 3.05) is 5.32 Å². The van der Waals surface area contributed by atoms with Crippen molar-refractivity contribution < 1.29 is 4.79 Å². The number of aromatic nitrogens is 2. The molecule has 2 N–H and O–H groups in total. The lowest BCUT2D eigenvalue weighted by Gasteiger charge is -2.11. The van der Waals surface area contributed by atoms with Gasteiger partial charge in [-0.25, -0.2) is 4.79 Å². The minimum Gasteiger partial charge on any atom is -0.320 e. The average Bonchev–Trinajstić information content (AvgIpc) is 2.50. The van der Waals surface area contributed by atoms with Gasteiger partial charge < -0.3 is 10.3 Å². The Morgan fingerprint density at radius 2 is 1.73 bits per heavy atom. The molecule has 0 atom stereocenters. The number of amides is 1. The van der Waals surface area contributed by atoms with Crippen molar-refractivity contribution in [2.24, 2.45) is 0 Å². The highest BCUT2D eigenvalue weighted by Gasteiger charge is 2.15. The van der Waals surface area contributed by atoms with Gasteiger partial charge in [0.2, 0.25) is 0 Å². The Kier molecular flexibility index (Phi) is 3.47. The first-order valence-electron chi connectivity index (χ1n) is 6.93. The first-order chi connectivity index (χ1) is 10.6. The number of H-pyrrole nitrogens is 1. The van der Waals surface area contributed by atoms with Crippen LogP contribution in [0.2, 0.25) is 0 Å². The summed E-state index contributed by atoms with van der Waals surface area (Å²) in [5.41, 5.74) is 2.85. The van der Waals surface area contributed by atoms with E-state index >= 15 is 0 Å². The number of aryl methyl sites for hydroxylation is 2. The van der Waals surface area contributed by atoms with Crippen LogP contribution in [0.25, 0.3) is 10.9 Å². The lowest BCUT2D eigenvalue weighted by atomic mass is 10.1. The van der Waals surface area contributed by atoms with Crippen LogP contribution in [-0.4, -0.2) is 15.9 Å². The van der Waals surface area contributed by atoms with Gasteiger partial charge in [-0.3, -0.25) is 4.79 Å². The predicted molar refractivity (Wildman–Crippen MR) is 86.2 cm³/mol. The first kappa shape index (κ1) is 14.0. The normalized spacial score (nSPS) is 10.6. The van der Waals surface area contributed by atoms with E-state index in [2.05, 4.69) is 15.3 Å². The second kappa shape index (κ2) is 5.44. The van der Waals surface area contributed by atoms with E-state index < -0.39 is 5.69 Å². The van der Waals surface area contributed by atoms with E-state index in [1.165, 1.54) is 0 Å². The Bertz CT molecular complexity index is 908. The Morgan fingerprint density at radius 1 is 1.05 bits per heavy atom. The number of aromatic amines is 1. The SMILES string of the molecule is Cc1cccc(C)c1NC(=O)c1nc(=O)[nH]c2ccccc12. The van der Waals surface area contributed by atoms with Gasteiger partial charge in [-0.05, 0) is 31.0 Å². The van der Waals surface area contributed by atoms with Crippen LogP contribution in [0.15, 0.2) is 47.3 Å². The molecule has 3 aromatic rings. The van der Waals surface area contributed by atoms with Gasteiger partial charge in [-0.2, -0.15) is 4.98 Å². The fraction of sp³-hybridized carbons (Fsp3) is 0.118. The number of fused-ring (bicyclic) bond motifs is 1. The van der Waals surface area contributed by atoms with E-state index in [4.69, 9.17) is 0 Å². The molecular formula is C17H15N3O2. The first-order valence-corrected chi connectivity index (χ1v) is 6.93. The summed E-state index contributed by atoms with van der Waals surface area (Å²) in [6.07, 6.45) is 0. The smallest absolute Gasteiger partial charge is 0.320 e. The molecule has 1 amide bonds. The van der Waals surface area contributed by atoms with Crippen LogP contribution in [-0.2, 0) is 0 Å². The number of hydrogen-bond donors (Lipinski definition) is 2. The van der Waals surface area contributed by atoms with E-state index in [-0.39, 0.29) is 11.6 Å². The summed E-state index contributed by atoms with van der Waals surface area (Å²) in [6, 6.07) is 12.9. The number of carbonyl (C=O) groups excluding carboxylic acids is 1. The molecule has 0 aliphatic rings. The summed E-state index contributed by atoms with van der Waals surface area (Å²) in [5, 5.41) is 3.48. The Balaban J connectivity index is 2.08. The van der Waals surface area contributed by atoms with Crippen molar-refractivity contribution in [3.8, 4) is 0 Å². The van der Waals surface area contributed by atoms with Gasteiger partial charge in [0.25, 0.3) is 5.91 Å². The number of nitrogens with zero attached hydrogens (tertiary/aromatic N) is 1. The van der Waals surface area contributed by atoms with Gasteiger partial charge in [-0.15, -0.1) is 0 Å². The second-order valence-corrected chi connectivity index (χ2v) is 5.16. The fourth-order valence-electron chi connectivity index (χ4n) is 2.46. The van der Waals surface area contributed by atoms with Crippen molar-refractivity contribution in [1.82, 2.24) is 9.97 Å². The zero-order valence-corrected chi connectivity index (χ0v) is 12.3. The van der Waals surface area contributed by atoms with Gasteiger partial charge in [-0.1, -0.05) is 36.4 Å². The minimum atomic E-state index is -0.537. The van der Waals surface area contributed by atoms with E-state index in [0.29, 0.717) is 10.9 Å². The maximum atomic E-state index is 12.6. The predicted octanol–water partition coefficient (Wildman–Crippen LogP) is 2.79. The van der Waals surface area contributed by atoms with Crippen LogP contribution in [0.4, 0.5) is 5.69 Å². The second-order valence-electron chi connectivity index (χ2n) is 5.16. The zero-order chi connectivity index (χ0) is 15.7. The lowest BCUT2D eigenvalue weighted by molar-refractivity contribution is 0.102. The van der Waals surface area contributed by atoms with Crippen molar-refractivity contribution in [3.05, 3.63) is 69.8 Å². The topological polar surface area (TPSA) is 74.8 Å². The quantitative estimate of drug-likeness (QED) is 0.763. The molecule has 0 aliphatic carbocycles. The Hall–Kier alpha value is -2.95. The molecule has 0 spiro atoms. The highest BCUT2D eigenvalue weighted by molar-refractivity contribution is 6.11. The van der Waals surface area contributed by atoms with Crippen LogP contribution < -0.4 is 11.0 Å². The number of hydrogen-bond acceptors (Lipinski definition) is 3. The van der Waals surface area contributed by atoms with Crippen molar-refractivity contribution in [1.29, 1.82) is 0 Å². The number of anilines is 1. The summed E-state index contributed by atoms with van der Waals surface area (Å²) < 4.78 is 0. The largest absolute Gasteiger partial charge is 0.346 e. The third-order valence-corrected chi connectivity index (χ3v) is 3.57. The molecule has 0 saturated heterocycles. The third-order valence-electron chi connectivity index (χ3n) is 3.57. The number of rotatable bonds is 2. The van der Waals surface area contributed by atoms with Crippen LogP contribution in [0, 0.1) is 13.8 Å². The molecule has 22 heavy (non-hydrogen) atoms. The molecule has 0 radical (unpaired) electrons. The summed E-state index contributed by atoms with van der Waals surface area (Å²) >= 11 is 0. The van der Waals surface area contributed by atoms with Crippen LogP contribution in [0.3, 0.4) is 0 Å². The van der Waals surface area contributed by atoms with E-state index in [9.17, 15) is 9.59 Å². The molecular weight excluding hydrogens is 278 g/mol. The molecule has 0 unspecified atom stereocenters. The van der Waals surface area contributed by atoms with Crippen LogP contribution >= 0.6 is 0 Å². The third kappa shape index (κ3) is 2.48. The van der Waals surface area contributed by atoms with E-state index in [0.717, 1.165) is 16.8 Å². The molecule has 2 aromatic carbocycles. The molecule has 0 fully saturated rings. The molecule has 1 aromatic heterocycles. The van der Waals surface area contributed by atoms with Crippen molar-refractivity contribution in [2.45, 2.75) is 13.8 Å². The minimum absolute atomic E-state index is 0.127. The monoisotopic (exact) mass is 293 g/mol. The molecule has 1 heterocycles. The fourth-order valence-corrected chi connectivity index (χ4v) is 2.46. The number of carbonyl (C=O) groups is 1. The Labute approximate surface area is 127 Å². The highest BCUT2D eigenvalue weighted by atomic mass is 16.2. The molecule has 5 nitrogen and oxygen atoms in total. The van der Waals surface area contributed by atoms with Crippen molar-refractivity contribution >= 4 is 22.5 Å². The van der Waals surface area contributed by atoms with Gasteiger partial charge in [0.05, 0.1) is 5.52 Å². The molecule has 110 valence electrons. The Morgan fingerprint density at radius 3 is 2.45 bits per heavy atom. The van der Waals surface area contributed by atoms with Gasteiger partial charge in [0.1, 0.15) is 5.69 Å². The standard InChI is InChI=1S/C17H15N3O2/c1-10-6-5-7-11(2)14(10)19-16(21)15-12-8-3-4-9-13(12)18-17(22)20-15/h3-9H,1-2H3,(H,19,21)(H,18,20,22).